The summed E-state index contributed by atoms with van der Waals surface area (Å²) in [7, 11) is -4.22. The molecule has 0 aliphatic heterocycles. The Morgan fingerprint density at radius 1 is 1.14 bits per heavy atom. The molecule has 0 spiro atoms. The van der Waals surface area contributed by atoms with Gasteiger partial charge in [-0.25, -0.2) is 13.4 Å². The van der Waals surface area contributed by atoms with E-state index in [4.69, 9.17) is 11.6 Å². The van der Waals surface area contributed by atoms with Gasteiger partial charge < -0.3 is 0 Å². The van der Waals surface area contributed by atoms with Crippen molar-refractivity contribution in [2.75, 3.05) is 4.72 Å². The summed E-state index contributed by atoms with van der Waals surface area (Å²) in [5.41, 5.74) is -1.06. The number of rotatable bonds is 3. The number of alkyl halides is 3. The Hall–Kier alpha value is -1.80. The van der Waals surface area contributed by atoms with E-state index in [2.05, 4.69) is 4.98 Å². The van der Waals surface area contributed by atoms with Gasteiger partial charge in [-0.05, 0) is 30.3 Å². The highest BCUT2D eigenvalue weighted by Gasteiger charge is 2.31. The minimum Gasteiger partial charge on any atom is -0.262 e. The first-order valence-electron chi connectivity index (χ1n) is 5.51. The van der Waals surface area contributed by atoms with Crippen LogP contribution in [-0.2, 0) is 16.2 Å². The predicted molar refractivity (Wildman–Crippen MR) is 71.5 cm³/mol. The van der Waals surface area contributed by atoms with Crippen LogP contribution in [0.1, 0.15) is 5.56 Å². The molecule has 2 rings (SSSR count). The van der Waals surface area contributed by atoms with Gasteiger partial charge in [-0.15, -0.1) is 0 Å². The van der Waals surface area contributed by atoms with Gasteiger partial charge in [0.05, 0.1) is 15.5 Å². The van der Waals surface area contributed by atoms with Crippen molar-refractivity contribution in [3.63, 3.8) is 0 Å². The molecule has 0 bridgehead atoms. The largest absolute Gasteiger partial charge is 0.416 e. The van der Waals surface area contributed by atoms with Gasteiger partial charge in [-0.3, -0.25) is 4.72 Å². The maximum Gasteiger partial charge on any atom is 0.416 e. The molecule has 2 aromatic rings. The molecule has 0 fully saturated rings. The third kappa shape index (κ3) is 3.64. The number of benzene rings is 1. The predicted octanol–water partition coefficient (Wildman–Crippen LogP) is 3.55. The van der Waals surface area contributed by atoms with Crippen molar-refractivity contribution in [3.8, 4) is 0 Å². The summed E-state index contributed by atoms with van der Waals surface area (Å²) in [6.07, 6.45) is -3.33. The quantitative estimate of drug-likeness (QED) is 0.932. The summed E-state index contributed by atoms with van der Waals surface area (Å²) >= 11 is 5.75. The number of halogens is 4. The fraction of sp³-hybridized carbons (Fsp3) is 0.0833. The number of hydrogen-bond acceptors (Lipinski definition) is 3. The van der Waals surface area contributed by atoms with Crippen molar-refractivity contribution in [2.24, 2.45) is 0 Å². The average Bonchev–Trinajstić information content (AvgIpc) is 2.40. The lowest BCUT2D eigenvalue weighted by Gasteiger charge is -2.11. The number of nitrogens with one attached hydrogen (secondary N) is 1. The first-order chi connectivity index (χ1) is 9.70. The highest BCUT2D eigenvalue weighted by Crippen LogP contribution is 2.31. The summed E-state index contributed by atoms with van der Waals surface area (Å²) in [5, 5.41) is 0.0352. The molecule has 112 valence electrons. The molecule has 4 nitrogen and oxygen atoms in total. The Morgan fingerprint density at radius 3 is 2.48 bits per heavy atom. The van der Waals surface area contributed by atoms with Gasteiger partial charge >= 0.3 is 6.18 Å². The lowest BCUT2D eigenvalue weighted by molar-refractivity contribution is -0.137. The van der Waals surface area contributed by atoms with Crippen LogP contribution >= 0.6 is 11.6 Å². The topological polar surface area (TPSA) is 59.1 Å². The van der Waals surface area contributed by atoms with Crippen LogP contribution in [0.15, 0.2) is 47.5 Å². The Kier molecular flexibility index (Phi) is 4.11. The first-order valence-corrected chi connectivity index (χ1v) is 7.37. The maximum absolute atomic E-state index is 12.6. The number of hydrogen-bond donors (Lipinski definition) is 1. The lowest BCUT2D eigenvalue weighted by atomic mass is 10.2. The molecule has 0 atom stereocenters. The second kappa shape index (κ2) is 5.53. The maximum atomic E-state index is 12.6. The van der Waals surface area contributed by atoms with Crippen LogP contribution in [0.2, 0.25) is 5.02 Å². The van der Waals surface area contributed by atoms with Gasteiger partial charge in [0.25, 0.3) is 10.0 Å². The normalized spacial score (nSPS) is 12.2. The van der Waals surface area contributed by atoms with Crippen molar-refractivity contribution in [1.29, 1.82) is 0 Å². The molecule has 1 heterocycles. The van der Waals surface area contributed by atoms with E-state index in [9.17, 15) is 21.6 Å². The molecule has 0 aliphatic carbocycles. The lowest BCUT2D eigenvalue weighted by Crippen LogP contribution is -2.15. The summed E-state index contributed by atoms with van der Waals surface area (Å²) in [6, 6.07) is 6.28. The molecular formula is C12H8ClF3N2O2S. The van der Waals surface area contributed by atoms with Crippen LogP contribution in [-0.4, -0.2) is 13.4 Å². The van der Waals surface area contributed by atoms with Crippen LogP contribution < -0.4 is 4.72 Å². The number of anilines is 1. The highest BCUT2D eigenvalue weighted by molar-refractivity contribution is 7.92. The third-order valence-electron chi connectivity index (χ3n) is 2.46. The average molecular weight is 337 g/mol. The zero-order chi connectivity index (χ0) is 15.7. The van der Waals surface area contributed by atoms with Crippen LogP contribution in [0.4, 0.5) is 19.0 Å². The smallest absolute Gasteiger partial charge is 0.262 e. The monoisotopic (exact) mass is 336 g/mol. The van der Waals surface area contributed by atoms with E-state index >= 15 is 0 Å². The van der Waals surface area contributed by atoms with E-state index in [0.29, 0.717) is 6.07 Å². The minimum atomic E-state index is -4.63. The summed E-state index contributed by atoms with van der Waals surface area (Å²) in [6.45, 7) is 0. The van der Waals surface area contributed by atoms with Gasteiger partial charge in [0.15, 0.2) is 5.82 Å². The third-order valence-corrected chi connectivity index (χ3v) is 4.10. The molecule has 9 heteroatoms. The molecule has 0 saturated carbocycles. The fourth-order valence-electron chi connectivity index (χ4n) is 1.49. The van der Waals surface area contributed by atoms with Crippen molar-refractivity contribution in [1.82, 2.24) is 4.98 Å². The second-order valence-corrected chi connectivity index (χ2v) is 6.05. The standard InChI is InChI=1S/C12H8ClF3N2O2S/c13-10-5-2-6-17-11(10)18-21(19,20)9-4-1-3-8(7-9)12(14,15)16/h1-7H,(H,17,18). The molecule has 0 aliphatic rings. The van der Waals surface area contributed by atoms with E-state index in [1.165, 1.54) is 18.3 Å². The number of nitrogens with zero attached hydrogens (tertiary/aromatic N) is 1. The molecular weight excluding hydrogens is 329 g/mol. The SMILES string of the molecule is O=S(=O)(Nc1ncccc1Cl)c1cccc(C(F)(F)F)c1. The summed E-state index contributed by atoms with van der Waals surface area (Å²) < 4.78 is 64.0. The van der Waals surface area contributed by atoms with Crippen LogP contribution in [0.3, 0.4) is 0 Å². The first kappa shape index (κ1) is 15.6. The fourth-order valence-corrected chi connectivity index (χ4v) is 2.79. The van der Waals surface area contributed by atoms with Crippen molar-refractivity contribution < 1.29 is 21.6 Å². The van der Waals surface area contributed by atoms with Crippen LogP contribution in [0.25, 0.3) is 0 Å². The summed E-state index contributed by atoms with van der Waals surface area (Å²) in [4.78, 5) is 3.19. The number of sulfonamides is 1. The van der Waals surface area contributed by atoms with Gasteiger partial charge in [-0.1, -0.05) is 17.7 Å². The van der Waals surface area contributed by atoms with E-state index < -0.39 is 26.7 Å². The molecule has 21 heavy (non-hydrogen) atoms. The second-order valence-electron chi connectivity index (χ2n) is 3.96. The molecule has 0 saturated heterocycles. The molecule has 1 aromatic heterocycles. The zero-order valence-electron chi connectivity index (χ0n) is 10.2. The van der Waals surface area contributed by atoms with Gasteiger partial charge in [-0.2, -0.15) is 13.2 Å². The molecule has 0 unspecified atom stereocenters. The number of pyridine rings is 1. The molecule has 0 radical (unpaired) electrons. The van der Waals surface area contributed by atoms with Crippen molar-refractivity contribution >= 4 is 27.4 Å². The van der Waals surface area contributed by atoms with Gasteiger partial charge in [0.1, 0.15) is 0 Å². The van der Waals surface area contributed by atoms with Crippen LogP contribution in [0, 0.1) is 0 Å². The molecule has 0 amide bonds. The van der Waals surface area contributed by atoms with E-state index in [1.54, 1.807) is 0 Å². The zero-order valence-corrected chi connectivity index (χ0v) is 11.8. The van der Waals surface area contributed by atoms with Crippen molar-refractivity contribution in [3.05, 3.63) is 53.2 Å². The molecule has 1 aromatic carbocycles. The Morgan fingerprint density at radius 2 is 1.86 bits per heavy atom. The minimum absolute atomic E-state index is 0.0352. The Labute approximate surface area is 123 Å². The number of aromatic nitrogens is 1. The van der Waals surface area contributed by atoms with E-state index in [-0.39, 0.29) is 10.8 Å². The Bertz CT molecular complexity index is 763. The van der Waals surface area contributed by atoms with Crippen LogP contribution in [0.5, 0.6) is 0 Å². The van der Waals surface area contributed by atoms with E-state index in [0.717, 1.165) is 18.2 Å². The Balaban J connectivity index is 2.39. The van der Waals surface area contributed by atoms with Gasteiger partial charge in [0, 0.05) is 6.20 Å². The molecule has 1 N–H and O–H groups in total. The van der Waals surface area contributed by atoms with Crippen molar-refractivity contribution in [2.45, 2.75) is 11.1 Å². The van der Waals surface area contributed by atoms with E-state index in [1.807, 2.05) is 4.72 Å². The highest BCUT2D eigenvalue weighted by atomic mass is 35.5. The van der Waals surface area contributed by atoms with Gasteiger partial charge in [0.2, 0.25) is 0 Å². The summed E-state index contributed by atoms with van der Waals surface area (Å²) in [5.74, 6) is -0.156.